The van der Waals surface area contributed by atoms with Crippen LogP contribution in [0.4, 0.5) is 17.6 Å². The van der Waals surface area contributed by atoms with Crippen LogP contribution in [0.15, 0.2) is 72.8 Å². The van der Waals surface area contributed by atoms with Crippen LogP contribution in [-0.4, -0.2) is 47.3 Å². The number of carbonyl (C=O) groups excluding carboxylic acids is 2. The van der Waals surface area contributed by atoms with Gasteiger partial charge in [-0.1, -0.05) is 82.8 Å². The zero-order chi connectivity index (χ0) is 46.3. The number of hydrogen-bond acceptors (Lipinski definition) is 8. The molecule has 0 bridgehead atoms. The second-order valence-corrected chi connectivity index (χ2v) is 18.9. The molecule has 2 aliphatic rings. The molecule has 4 aromatic carbocycles. The summed E-state index contributed by atoms with van der Waals surface area (Å²) in [4.78, 5) is 26.2. The fourth-order valence-electron chi connectivity index (χ4n) is 8.47. The summed E-state index contributed by atoms with van der Waals surface area (Å²) >= 11 is 23.8. The van der Waals surface area contributed by atoms with E-state index in [2.05, 4.69) is 22.8 Å². The number of rotatable bonds is 6. The first kappa shape index (κ1) is 48.6. The number of ether oxygens (including phenoxy) is 2. The van der Waals surface area contributed by atoms with Crippen LogP contribution in [0.2, 0.25) is 20.1 Å². The highest BCUT2D eigenvalue weighted by Crippen LogP contribution is 2.52. The number of nitrogens with one attached hydrogen (secondary N) is 2. The van der Waals surface area contributed by atoms with Crippen LogP contribution in [0.1, 0.15) is 89.5 Å². The number of esters is 2. The zero-order valence-electron chi connectivity index (χ0n) is 34.9. The van der Waals surface area contributed by atoms with E-state index in [0.717, 1.165) is 12.1 Å². The number of nitrogens with zero attached hydrogens (tertiary/aromatic N) is 2. The standard InChI is InChI=1S/2C23H22Cl2F2N2O2/c2*1-12-23(11-28,15-9-8-13(24)10-17(15)26)18(14-6-5-7-16(25)19(14)27)20(29-12)21(30)31-22(2,3)4/h2*5-10,12,18,20,29H,1-4H3/t12-,18+,20-,23-;12-,18-,20+,23+/m10/s1. The molecule has 2 aliphatic heterocycles. The van der Waals surface area contributed by atoms with Crippen molar-refractivity contribution in [1.82, 2.24) is 10.6 Å². The fraction of sp³-hybridized carbons (Fsp3) is 0.391. The van der Waals surface area contributed by atoms with Crippen molar-refractivity contribution in [2.45, 2.75) is 113 Å². The van der Waals surface area contributed by atoms with E-state index in [1.807, 2.05) is 0 Å². The van der Waals surface area contributed by atoms with Crippen LogP contribution < -0.4 is 10.6 Å². The van der Waals surface area contributed by atoms with Crippen LogP contribution in [0.5, 0.6) is 0 Å². The molecular formula is C46H44Cl4F4N4O4. The Hall–Kier alpha value is -4.40. The Balaban J connectivity index is 0.000000234. The molecule has 0 aromatic heterocycles. The summed E-state index contributed by atoms with van der Waals surface area (Å²) in [5, 5.41) is 26.8. The minimum Gasteiger partial charge on any atom is -0.459 e. The lowest BCUT2D eigenvalue weighted by atomic mass is 9.65. The minimum atomic E-state index is -1.64. The van der Waals surface area contributed by atoms with Crippen LogP contribution in [-0.2, 0) is 29.9 Å². The Labute approximate surface area is 378 Å². The predicted molar refractivity (Wildman–Crippen MR) is 230 cm³/mol. The van der Waals surface area contributed by atoms with Crippen molar-refractivity contribution in [2.75, 3.05) is 0 Å². The summed E-state index contributed by atoms with van der Waals surface area (Å²) in [6, 6.07) is 17.2. The Bertz CT molecular complexity index is 2300. The van der Waals surface area contributed by atoms with Gasteiger partial charge in [0.25, 0.3) is 0 Å². The van der Waals surface area contributed by atoms with Gasteiger partial charge in [-0.3, -0.25) is 20.2 Å². The molecule has 328 valence electrons. The average molecular weight is 935 g/mol. The highest BCUT2D eigenvalue weighted by Gasteiger charge is 2.61. The Morgan fingerprint density at radius 1 is 0.613 bits per heavy atom. The molecule has 0 saturated carbocycles. The number of carbonyl (C=O) groups is 2. The summed E-state index contributed by atoms with van der Waals surface area (Å²) in [6.45, 7) is 13.5. The van der Waals surface area contributed by atoms with Gasteiger partial charge in [-0.05, 0) is 103 Å². The molecule has 0 amide bonds. The fourth-order valence-corrected chi connectivity index (χ4v) is 9.15. The van der Waals surface area contributed by atoms with Gasteiger partial charge in [-0.25, -0.2) is 17.6 Å². The molecule has 2 saturated heterocycles. The summed E-state index contributed by atoms with van der Waals surface area (Å²) in [7, 11) is 0. The van der Waals surface area contributed by atoms with Gasteiger partial charge in [-0.2, -0.15) is 10.5 Å². The van der Waals surface area contributed by atoms with Gasteiger partial charge in [0.2, 0.25) is 0 Å². The third-order valence-corrected chi connectivity index (χ3v) is 12.0. The van der Waals surface area contributed by atoms with Gasteiger partial charge in [0.1, 0.15) is 57.4 Å². The maximum atomic E-state index is 15.2. The molecule has 4 aromatic rings. The lowest BCUT2D eigenvalue weighted by Crippen LogP contribution is -2.42. The SMILES string of the molecule is C[C@@H]1N[C@@H](C(=O)OC(C)(C)C)[C@H](c2cccc(Cl)c2F)[C@@]1(C#N)c1ccc(Cl)cc1F.C[C@H]1N[C@@H](C(=O)OC(C)(C)C)[C@H](c2cccc(Cl)c2F)[C@@]1(C#N)c1ccc(Cl)cc1F. The maximum Gasteiger partial charge on any atom is 0.324 e. The number of benzene rings is 4. The van der Waals surface area contributed by atoms with Crippen LogP contribution in [0.3, 0.4) is 0 Å². The highest BCUT2D eigenvalue weighted by atomic mass is 35.5. The minimum absolute atomic E-state index is 0.00911. The van der Waals surface area contributed by atoms with Gasteiger partial charge in [-0.15, -0.1) is 0 Å². The van der Waals surface area contributed by atoms with E-state index >= 15 is 17.6 Å². The smallest absolute Gasteiger partial charge is 0.324 e. The monoisotopic (exact) mass is 932 g/mol. The number of nitriles is 2. The molecule has 0 spiro atoms. The molecule has 8 atom stereocenters. The predicted octanol–water partition coefficient (Wildman–Crippen LogP) is 11.0. The third-order valence-electron chi connectivity index (χ3n) is 11.0. The van der Waals surface area contributed by atoms with E-state index in [1.54, 1.807) is 55.4 Å². The van der Waals surface area contributed by atoms with Gasteiger partial charge in [0, 0.05) is 45.1 Å². The second-order valence-electron chi connectivity index (χ2n) is 17.3. The van der Waals surface area contributed by atoms with E-state index in [4.69, 9.17) is 55.9 Å². The van der Waals surface area contributed by atoms with E-state index in [-0.39, 0.29) is 42.3 Å². The van der Waals surface area contributed by atoms with Gasteiger partial charge >= 0.3 is 11.9 Å². The molecule has 2 heterocycles. The van der Waals surface area contributed by atoms with Crippen LogP contribution >= 0.6 is 46.4 Å². The van der Waals surface area contributed by atoms with Gasteiger partial charge in [0.15, 0.2) is 0 Å². The van der Waals surface area contributed by atoms with Crippen molar-refractivity contribution in [3.05, 3.63) is 138 Å². The molecule has 16 heteroatoms. The summed E-state index contributed by atoms with van der Waals surface area (Å²) in [5.74, 6) is -6.56. The van der Waals surface area contributed by atoms with Crippen LogP contribution in [0.25, 0.3) is 0 Å². The topological polar surface area (TPSA) is 124 Å². The molecular weight excluding hydrogens is 890 g/mol. The Morgan fingerprint density at radius 2 is 0.952 bits per heavy atom. The van der Waals surface area contributed by atoms with Crippen molar-refractivity contribution < 1.29 is 36.6 Å². The Morgan fingerprint density at radius 3 is 1.24 bits per heavy atom. The quantitative estimate of drug-likeness (QED) is 0.145. The zero-order valence-corrected chi connectivity index (χ0v) is 38.0. The van der Waals surface area contributed by atoms with Crippen molar-refractivity contribution in [3.63, 3.8) is 0 Å². The first-order valence-electron chi connectivity index (χ1n) is 19.4. The van der Waals surface area contributed by atoms with Crippen LogP contribution in [0, 0.1) is 45.9 Å². The summed E-state index contributed by atoms with van der Waals surface area (Å²) in [5.41, 5.74) is -4.84. The van der Waals surface area contributed by atoms with Crippen molar-refractivity contribution >= 4 is 58.3 Å². The molecule has 8 nitrogen and oxygen atoms in total. The van der Waals surface area contributed by atoms with Crippen molar-refractivity contribution in [3.8, 4) is 12.1 Å². The third kappa shape index (κ3) is 9.29. The number of hydrogen-bond donors (Lipinski definition) is 2. The highest BCUT2D eigenvalue weighted by molar-refractivity contribution is 6.31. The first-order chi connectivity index (χ1) is 28.8. The van der Waals surface area contributed by atoms with Gasteiger partial charge in [0.05, 0.1) is 22.2 Å². The molecule has 62 heavy (non-hydrogen) atoms. The van der Waals surface area contributed by atoms with E-state index in [9.17, 15) is 20.1 Å². The second kappa shape index (κ2) is 18.4. The van der Waals surface area contributed by atoms with Gasteiger partial charge < -0.3 is 9.47 Å². The lowest BCUT2D eigenvalue weighted by molar-refractivity contribution is -0.158. The largest absolute Gasteiger partial charge is 0.459 e. The van der Waals surface area contributed by atoms with Crippen molar-refractivity contribution in [2.24, 2.45) is 0 Å². The average Bonchev–Trinajstić information content (AvgIpc) is 3.64. The van der Waals surface area contributed by atoms with Crippen molar-refractivity contribution in [1.29, 1.82) is 10.5 Å². The summed E-state index contributed by atoms with van der Waals surface area (Å²) in [6.07, 6.45) is 0. The molecule has 0 aliphatic carbocycles. The first-order valence-corrected chi connectivity index (χ1v) is 20.9. The lowest BCUT2D eigenvalue weighted by Gasteiger charge is -2.34. The maximum absolute atomic E-state index is 15.2. The molecule has 6 rings (SSSR count). The molecule has 2 fully saturated rings. The normalized spacial score (nSPS) is 25.8. The van der Waals surface area contributed by atoms with E-state index < -0.39 is 93.2 Å². The van der Waals surface area contributed by atoms with E-state index in [1.165, 1.54) is 60.7 Å². The molecule has 0 unspecified atom stereocenters. The molecule has 2 N–H and O–H groups in total. The molecule has 0 radical (unpaired) electrons. The number of halogens is 8. The Kier molecular flexibility index (Phi) is 14.4. The summed E-state index contributed by atoms with van der Waals surface area (Å²) < 4.78 is 71.6. The van der Waals surface area contributed by atoms with E-state index in [0.29, 0.717) is 0 Å².